The SMILES string of the molecule is C#CC(O)c1cc(Br)cc(Br)c1OCC=C(C)C. The van der Waals surface area contributed by atoms with E-state index in [1.807, 2.05) is 26.0 Å². The van der Waals surface area contributed by atoms with E-state index in [4.69, 9.17) is 11.2 Å². The van der Waals surface area contributed by atoms with Gasteiger partial charge >= 0.3 is 0 Å². The normalized spacial score (nSPS) is 11.6. The zero-order valence-electron chi connectivity index (χ0n) is 10.2. The van der Waals surface area contributed by atoms with Crippen molar-refractivity contribution in [3.63, 3.8) is 0 Å². The molecule has 0 saturated heterocycles. The maximum absolute atomic E-state index is 9.79. The van der Waals surface area contributed by atoms with Gasteiger partial charge in [-0.25, -0.2) is 0 Å². The van der Waals surface area contributed by atoms with Gasteiger partial charge in [-0.05, 0) is 48.0 Å². The van der Waals surface area contributed by atoms with Gasteiger partial charge in [0.1, 0.15) is 18.5 Å². The Labute approximate surface area is 124 Å². The number of allylic oxidation sites excluding steroid dienone is 1. The van der Waals surface area contributed by atoms with Gasteiger partial charge in [-0.3, -0.25) is 0 Å². The lowest BCUT2D eigenvalue weighted by Crippen LogP contribution is -2.03. The molecule has 0 aliphatic carbocycles. The highest BCUT2D eigenvalue weighted by Crippen LogP contribution is 2.36. The van der Waals surface area contributed by atoms with Crippen molar-refractivity contribution in [2.45, 2.75) is 20.0 Å². The Bertz CT molecular complexity index is 497. The van der Waals surface area contributed by atoms with Crippen LogP contribution in [-0.4, -0.2) is 11.7 Å². The third kappa shape index (κ3) is 4.16. The lowest BCUT2D eigenvalue weighted by Gasteiger charge is -2.14. The third-order valence-electron chi connectivity index (χ3n) is 2.21. The number of aliphatic hydroxyl groups is 1. The molecular formula is C14H14Br2O2. The van der Waals surface area contributed by atoms with Crippen molar-refractivity contribution in [1.29, 1.82) is 0 Å². The molecule has 0 heterocycles. The summed E-state index contributed by atoms with van der Waals surface area (Å²) in [6.07, 6.45) is 6.23. The number of benzene rings is 1. The highest BCUT2D eigenvalue weighted by molar-refractivity contribution is 9.11. The molecule has 1 rings (SSSR count). The van der Waals surface area contributed by atoms with Crippen LogP contribution in [0.15, 0.2) is 32.7 Å². The average Bonchev–Trinajstić information content (AvgIpc) is 2.30. The van der Waals surface area contributed by atoms with Crippen molar-refractivity contribution >= 4 is 31.9 Å². The molecule has 4 heteroatoms. The minimum Gasteiger partial charge on any atom is -0.488 e. The van der Waals surface area contributed by atoms with E-state index < -0.39 is 6.10 Å². The van der Waals surface area contributed by atoms with E-state index in [0.717, 1.165) is 8.95 Å². The van der Waals surface area contributed by atoms with Crippen LogP contribution in [-0.2, 0) is 0 Å². The molecule has 0 spiro atoms. The van der Waals surface area contributed by atoms with Gasteiger partial charge in [0.05, 0.1) is 4.47 Å². The minimum absolute atomic E-state index is 0.437. The fraction of sp³-hybridized carbons (Fsp3) is 0.286. The summed E-state index contributed by atoms with van der Waals surface area (Å²) in [4.78, 5) is 0. The molecule has 0 bridgehead atoms. The summed E-state index contributed by atoms with van der Waals surface area (Å²) in [5.41, 5.74) is 1.74. The molecule has 18 heavy (non-hydrogen) atoms. The quantitative estimate of drug-likeness (QED) is 0.632. The van der Waals surface area contributed by atoms with Crippen LogP contribution in [0.2, 0.25) is 0 Å². The number of terminal acetylenes is 1. The number of hydrogen-bond acceptors (Lipinski definition) is 2. The van der Waals surface area contributed by atoms with E-state index in [2.05, 4.69) is 37.8 Å². The first kappa shape index (κ1) is 15.3. The van der Waals surface area contributed by atoms with Crippen LogP contribution in [0.25, 0.3) is 0 Å². The van der Waals surface area contributed by atoms with Gasteiger partial charge in [0.25, 0.3) is 0 Å². The molecule has 1 aromatic rings. The molecule has 96 valence electrons. The Morgan fingerprint density at radius 2 is 2.17 bits per heavy atom. The van der Waals surface area contributed by atoms with Crippen LogP contribution in [0.3, 0.4) is 0 Å². The molecule has 0 aliphatic rings. The van der Waals surface area contributed by atoms with Gasteiger partial charge in [0, 0.05) is 10.0 Å². The Kier molecular flexibility index (Phi) is 5.94. The first-order valence-corrected chi connectivity index (χ1v) is 6.93. The number of ether oxygens (including phenoxy) is 1. The number of hydrogen-bond donors (Lipinski definition) is 1. The first-order valence-electron chi connectivity index (χ1n) is 5.35. The molecule has 2 nitrogen and oxygen atoms in total. The maximum atomic E-state index is 9.79. The standard InChI is InChI=1S/C14H14Br2O2/c1-4-13(17)11-7-10(15)8-12(16)14(11)18-6-5-9(2)3/h1,5,7-8,13,17H,6H2,2-3H3. The predicted octanol–water partition coefficient (Wildman–Crippen LogP) is 4.22. The zero-order valence-corrected chi connectivity index (χ0v) is 13.4. The molecule has 0 fully saturated rings. The topological polar surface area (TPSA) is 29.5 Å². The summed E-state index contributed by atoms with van der Waals surface area (Å²) in [5.74, 6) is 2.86. The van der Waals surface area contributed by atoms with E-state index >= 15 is 0 Å². The highest BCUT2D eigenvalue weighted by atomic mass is 79.9. The van der Waals surface area contributed by atoms with E-state index in [1.54, 1.807) is 6.07 Å². The van der Waals surface area contributed by atoms with Crippen molar-refractivity contribution in [3.8, 4) is 18.1 Å². The van der Waals surface area contributed by atoms with E-state index in [0.29, 0.717) is 17.9 Å². The van der Waals surface area contributed by atoms with Crippen LogP contribution < -0.4 is 4.74 Å². The smallest absolute Gasteiger partial charge is 0.143 e. The number of halogens is 2. The van der Waals surface area contributed by atoms with Crippen LogP contribution in [0.1, 0.15) is 25.5 Å². The van der Waals surface area contributed by atoms with Crippen LogP contribution in [0.4, 0.5) is 0 Å². The van der Waals surface area contributed by atoms with Gasteiger partial charge in [0.15, 0.2) is 0 Å². The third-order valence-corrected chi connectivity index (χ3v) is 3.26. The largest absolute Gasteiger partial charge is 0.488 e. The second-order valence-corrected chi connectivity index (χ2v) is 5.74. The van der Waals surface area contributed by atoms with E-state index in [1.165, 1.54) is 5.57 Å². The second kappa shape index (κ2) is 6.98. The van der Waals surface area contributed by atoms with Crippen molar-refractivity contribution < 1.29 is 9.84 Å². The van der Waals surface area contributed by atoms with Gasteiger partial charge in [-0.1, -0.05) is 27.4 Å². The number of rotatable bonds is 4. The number of aliphatic hydroxyl groups excluding tert-OH is 1. The summed E-state index contributed by atoms with van der Waals surface area (Å²) in [6, 6.07) is 3.61. The molecule has 0 amide bonds. The summed E-state index contributed by atoms with van der Waals surface area (Å²) in [5, 5.41) is 9.79. The van der Waals surface area contributed by atoms with Crippen LogP contribution >= 0.6 is 31.9 Å². The van der Waals surface area contributed by atoms with Crippen LogP contribution in [0, 0.1) is 12.3 Å². The fourth-order valence-electron chi connectivity index (χ4n) is 1.32. The second-order valence-electron chi connectivity index (χ2n) is 3.97. The van der Waals surface area contributed by atoms with Gasteiger partial charge in [-0.15, -0.1) is 6.42 Å². The molecule has 0 aromatic heterocycles. The summed E-state index contributed by atoms with van der Waals surface area (Å²) >= 11 is 6.77. The van der Waals surface area contributed by atoms with Gasteiger partial charge in [0.2, 0.25) is 0 Å². The summed E-state index contributed by atoms with van der Waals surface area (Å²) in [6.45, 7) is 4.43. The molecule has 1 aromatic carbocycles. The fourth-order valence-corrected chi connectivity index (χ4v) is 2.69. The minimum atomic E-state index is -0.986. The summed E-state index contributed by atoms with van der Waals surface area (Å²) < 4.78 is 7.24. The Morgan fingerprint density at radius 1 is 1.50 bits per heavy atom. The van der Waals surface area contributed by atoms with Gasteiger partial charge < -0.3 is 9.84 Å². The van der Waals surface area contributed by atoms with E-state index in [-0.39, 0.29) is 0 Å². The molecule has 0 radical (unpaired) electrons. The van der Waals surface area contributed by atoms with E-state index in [9.17, 15) is 5.11 Å². The molecule has 1 unspecified atom stereocenters. The predicted molar refractivity (Wildman–Crippen MR) is 80.6 cm³/mol. The zero-order chi connectivity index (χ0) is 13.7. The maximum Gasteiger partial charge on any atom is 0.143 e. The average molecular weight is 374 g/mol. The van der Waals surface area contributed by atoms with Crippen molar-refractivity contribution in [1.82, 2.24) is 0 Å². The summed E-state index contributed by atoms with van der Waals surface area (Å²) in [7, 11) is 0. The van der Waals surface area contributed by atoms with Crippen molar-refractivity contribution in [3.05, 3.63) is 38.3 Å². The monoisotopic (exact) mass is 372 g/mol. The lowest BCUT2D eigenvalue weighted by atomic mass is 10.1. The first-order chi connectivity index (χ1) is 8.45. The van der Waals surface area contributed by atoms with Crippen molar-refractivity contribution in [2.24, 2.45) is 0 Å². The lowest BCUT2D eigenvalue weighted by molar-refractivity contribution is 0.230. The molecule has 0 saturated carbocycles. The molecule has 1 atom stereocenters. The Balaban J connectivity index is 3.08. The molecule has 0 aliphatic heterocycles. The Hall–Kier alpha value is -0.760. The Morgan fingerprint density at radius 3 is 2.72 bits per heavy atom. The van der Waals surface area contributed by atoms with Crippen LogP contribution in [0.5, 0.6) is 5.75 Å². The van der Waals surface area contributed by atoms with Crippen molar-refractivity contribution in [2.75, 3.05) is 6.61 Å². The molecular weight excluding hydrogens is 360 g/mol. The highest BCUT2D eigenvalue weighted by Gasteiger charge is 2.15. The van der Waals surface area contributed by atoms with Gasteiger partial charge in [-0.2, -0.15) is 0 Å². The molecule has 1 N–H and O–H groups in total.